The number of nitrogens with one attached hydrogen (secondary N) is 1. The number of aromatic nitrogens is 2. The lowest BCUT2D eigenvalue weighted by atomic mass is 9.97. The monoisotopic (exact) mass is 379 g/mol. The highest BCUT2D eigenvalue weighted by atomic mass is 16.6. The van der Waals surface area contributed by atoms with Gasteiger partial charge in [-0.15, -0.1) is 0 Å². The molecule has 0 bridgehead atoms. The van der Waals surface area contributed by atoms with Crippen LogP contribution < -0.4 is 4.57 Å². The van der Waals surface area contributed by atoms with Crippen LogP contribution in [-0.2, 0) is 4.74 Å². The zero-order valence-electron chi connectivity index (χ0n) is 16.0. The van der Waals surface area contributed by atoms with E-state index in [1.165, 1.54) is 0 Å². The van der Waals surface area contributed by atoms with E-state index in [0.29, 0.717) is 0 Å². The average Bonchev–Trinajstić information content (AvgIpc) is 3.18. The summed E-state index contributed by atoms with van der Waals surface area (Å²) in [5.41, 5.74) is 4.25. The molecule has 1 saturated heterocycles. The van der Waals surface area contributed by atoms with Crippen molar-refractivity contribution in [2.24, 2.45) is 0 Å². The number of rotatable bonds is 1. The summed E-state index contributed by atoms with van der Waals surface area (Å²) in [5.74, 6) is 0.235. The molecule has 0 radical (unpaired) electrons. The van der Waals surface area contributed by atoms with Crippen molar-refractivity contribution in [1.29, 1.82) is 0 Å². The van der Waals surface area contributed by atoms with Crippen LogP contribution in [0.3, 0.4) is 0 Å². The fourth-order valence-electron chi connectivity index (χ4n) is 4.49. The van der Waals surface area contributed by atoms with Crippen LogP contribution in [0.2, 0.25) is 0 Å². The second kappa shape index (κ2) is 5.91. The SMILES string of the molecule is Cc1c2cc[n+](C3O[C@H](C)[C@@H](O)[C@@H]3O)cc2c(C)c2c1[nH]c1ccc(O)cc12. The minimum atomic E-state index is -0.979. The lowest BCUT2D eigenvalue weighted by molar-refractivity contribution is -0.764. The third-order valence-electron chi connectivity index (χ3n) is 6.09. The van der Waals surface area contributed by atoms with Gasteiger partial charge in [-0.2, -0.15) is 4.57 Å². The highest BCUT2D eigenvalue weighted by Crippen LogP contribution is 2.37. The van der Waals surface area contributed by atoms with E-state index in [1.807, 2.05) is 29.1 Å². The van der Waals surface area contributed by atoms with Crippen molar-refractivity contribution in [2.45, 2.75) is 45.3 Å². The maximum Gasteiger partial charge on any atom is 0.291 e. The lowest BCUT2D eigenvalue weighted by Crippen LogP contribution is -2.45. The number of aliphatic hydroxyl groups is 2. The fourth-order valence-corrected chi connectivity index (χ4v) is 4.49. The van der Waals surface area contributed by atoms with E-state index in [2.05, 4.69) is 18.8 Å². The molecule has 0 aliphatic carbocycles. The molecule has 1 fully saturated rings. The average molecular weight is 379 g/mol. The summed E-state index contributed by atoms with van der Waals surface area (Å²) in [7, 11) is 0. The Kier molecular flexibility index (Phi) is 3.68. The summed E-state index contributed by atoms with van der Waals surface area (Å²) in [6.45, 7) is 5.90. The molecule has 5 rings (SSSR count). The number of aliphatic hydroxyl groups excluding tert-OH is 2. The van der Waals surface area contributed by atoms with Gasteiger partial charge in [0.25, 0.3) is 6.23 Å². The molecule has 4 aromatic rings. The Labute approximate surface area is 161 Å². The number of H-pyrrole nitrogens is 1. The molecule has 0 spiro atoms. The van der Waals surface area contributed by atoms with Crippen LogP contribution in [0.1, 0.15) is 24.3 Å². The number of nitrogens with zero attached hydrogens (tertiary/aromatic N) is 1. The number of pyridine rings is 1. The number of hydrogen-bond donors (Lipinski definition) is 4. The number of hydrogen-bond acceptors (Lipinski definition) is 4. The molecule has 4 N–H and O–H groups in total. The molecule has 144 valence electrons. The molecule has 2 aromatic carbocycles. The predicted octanol–water partition coefficient (Wildman–Crippen LogP) is 2.72. The number of aromatic amines is 1. The van der Waals surface area contributed by atoms with Crippen LogP contribution in [0.5, 0.6) is 5.75 Å². The Morgan fingerprint density at radius 1 is 1.00 bits per heavy atom. The summed E-state index contributed by atoms with van der Waals surface area (Å²) < 4.78 is 7.60. The number of benzene rings is 2. The molecule has 1 aliphatic rings. The van der Waals surface area contributed by atoms with Crippen LogP contribution in [0.4, 0.5) is 0 Å². The van der Waals surface area contributed by atoms with Gasteiger partial charge in [0.2, 0.25) is 0 Å². The maximum absolute atomic E-state index is 10.4. The van der Waals surface area contributed by atoms with E-state index in [0.717, 1.165) is 43.7 Å². The molecule has 3 heterocycles. The molecule has 0 amide bonds. The first-order valence-corrected chi connectivity index (χ1v) is 9.46. The van der Waals surface area contributed by atoms with E-state index < -0.39 is 24.5 Å². The second-order valence-corrected chi connectivity index (χ2v) is 7.79. The van der Waals surface area contributed by atoms with E-state index >= 15 is 0 Å². The third kappa shape index (κ3) is 2.29. The summed E-state index contributed by atoms with van der Waals surface area (Å²) in [6.07, 6.45) is 0.912. The number of fused-ring (bicyclic) bond motifs is 4. The fraction of sp³-hybridized carbons (Fsp3) is 0.318. The van der Waals surface area contributed by atoms with E-state index in [-0.39, 0.29) is 5.75 Å². The van der Waals surface area contributed by atoms with Crippen LogP contribution in [0.25, 0.3) is 32.6 Å². The van der Waals surface area contributed by atoms with Crippen LogP contribution in [-0.4, -0.2) is 38.6 Å². The van der Waals surface area contributed by atoms with E-state index in [9.17, 15) is 15.3 Å². The molecule has 6 nitrogen and oxygen atoms in total. The van der Waals surface area contributed by atoms with Crippen molar-refractivity contribution in [3.05, 3.63) is 47.8 Å². The van der Waals surface area contributed by atoms with Crippen molar-refractivity contribution in [1.82, 2.24) is 4.98 Å². The predicted molar refractivity (Wildman–Crippen MR) is 106 cm³/mol. The molecule has 28 heavy (non-hydrogen) atoms. The summed E-state index contributed by atoms with van der Waals surface area (Å²) >= 11 is 0. The lowest BCUT2D eigenvalue weighted by Gasteiger charge is -2.12. The van der Waals surface area contributed by atoms with Crippen LogP contribution in [0, 0.1) is 13.8 Å². The van der Waals surface area contributed by atoms with Gasteiger partial charge in [0.05, 0.1) is 11.6 Å². The highest BCUT2D eigenvalue weighted by Gasteiger charge is 2.46. The van der Waals surface area contributed by atoms with Crippen LogP contribution in [0.15, 0.2) is 36.7 Å². The van der Waals surface area contributed by atoms with Crippen molar-refractivity contribution in [3.63, 3.8) is 0 Å². The summed E-state index contributed by atoms with van der Waals surface area (Å²) in [6, 6.07) is 7.37. The highest BCUT2D eigenvalue weighted by molar-refractivity contribution is 6.16. The zero-order valence-corrected chi connectivity index (χ0v) is 16.0. The zero-order chi connectivity index (χ0) is 19.7. The minimum Gasteiger partial charge on any atom is -0.508 e. The molecule has 2 aromatic heterocycles. The normalized spacial score (nSPS) is 25.3. The molecule has 4 atom stereocenters. The van der Waals surface area contributed by atoms with Crippen molar-refractivity contribution >= 4 is 32.6 Å². The van der Waals surface area contributed by atoms with Gasteiger partial charge in [0, 0.05) is 27.7 Å². The van der Waals surface area contributed by atoms with Gasteiger partial charge in [0.1, 0.15) is 11.9 Å². The Morgan fingerprint density at radius 2 is 1.79 bits per heavy atom. The van der Waals surface area contributed by atoms with Gasteiger partial charge in [-0.05, 0) is 55.5 Å². The van der Waals surface area contributed by atoms with E-state index in [1.54, 1.807) is 19.1 Å². The molecule has 1 unspecified atom stereocenters. The Balaban J connectivity index is 1.79. The standard InChI is InChI=1S/C22H22N2O4/c1-10-16-9-24(22-21(27)20(26)12(3)28-22)7-6-14(16)11(2)19-18(10)15-8-13(25)4-5-17(15)23-19/h4-9,12,20-22,25-27H,1-3H3/p+1/t12-,20-,21+,22?/m1/s1. The summed E-state index contributed by atoms with van der Waals surface area (Å²) in [4.78, 5) is 3.48. The van der Waals surface area contributed by atoms with Gasteiger partial charge in [-0.25, -0.2) is 0 Å². The molecule has 6 heteroatoms. The molecule has 1 aliphatic heterocycles. The Bertz CT molecular complexity index is 1250. The smallest absolute Gasteiger partial charge is 0.291 e. The van der Waals surface area contributed by atoms with Gasteiger partial charge >= 0.3 is 0 Å². The number of ether oxygens (including phenoxy) is 1. The number of phenols is 1. The van der Waals surface area contributed by atoms with E-state index in [4.69, 9.17) is 4.74 Å². The largest absolute Gasteiger partial charge is 0.508 e. The first-order valence-electron chi connectivity index (χ1n) is 9.46. The molecular weight excluding hydrogens is 356 g/mol. The molecular formula is C22H23N2O4+. The van der Waals surface area contributed by atoms with Gasteiger partial charge in [-0.3, -0.25) is 0 Å². The van der Waals surface area contributed by atoms with Gasteiger partial charge in [-0.1, -0.05) is 0 Å². The topological polar surface area (TPSA) is 89.6 Å². The minimum absolute atomic E-state index is 0.235. The van der Waals surface area contributed by atoms with Crippen molar-refractivity contribution < 1.29 is 24.6 Å². The quantitative estimate of drug-likeness (QED) is 0.383. The maximum atomic E-state index is 10.4. The number of aryl methyl sites for hydroxylation is 2. The Morgan fingerprint density at radius 3 is 2.50 bits per heavy atom. The molecule has 0 saturated carbocycles. The second-order valence-electron chi connectivity index (χ2n) is 7.79. The number of phenolic OH excluding ortho intramolecular Hbond substituents is 1. The Hall–Kier alpha value is -2.67. The summed E-state index contributed by atoms with van der Waals surface area (Å²) in [5, 5.41) is 34.6. The van der Waals surface area contributed by atoms with Gasteiger partial charge < -0.3 is 25.0 Å². The first kappa shape index (κ1) is 17.4. The van der Waals surface area contributed by atoms with Crippen molar-refractivity contribution in [3.8, 4) is 5.75 Å². The van der Waals surface area contributed by atoms with Crippen molar-refractivity contribution in [2.75, 3.05) is 0 Å². The number of aromatic hydroxyl groups is 1. The van der Waals surface area contributed by atoms with Gasteiger partial charge in [0.15, 0.2) is 18.5 Å². The third-order valence-corrected chi connectivity index (χ3v) is 6.09. The van der Waals surface area contributed by atoms with Crippen LogP contribution >= 0.6 is 0 Å². The first-order chi connectivity index (χ1) is 13.4.